The minimum atomic E-state index is -4.74. The van der Waals surface area contributed by atoms with Crippen LogP contribution < -0.4 is 14.9 Å². The summed E-state index contributed by atoms with van der Waals surface area (Å²) >= 11 is 0. The first-order chi connectivity index (χ1) is 6.83. The lowest BCUT2D eigenvalue weighted by atomic mass is 9.96. The highest BCUT2D eigenvalue weighted by Gasteiger charge is 2.32. The molecule has 15 heavy (non-hydrogen) atoms. The summed E-state index contributed by atoms with van der Waals surface area (Å²) in [5, 5.41) is 0. The minimum absolute atomic E-state index is 0.125. The van der Waals surface area contributed by atoms with Gasteiger partial charge in [-0.05, 0) is 12.4 Å². The first-order valence-corrected chi connectivity index (χ1v) is 4.11. The number of methoxy groups -OCH3 is 1. The van der Waals surface area contributed by atoms with Crippen molar-refractivity contribution >= 4 is 13.3 Å². The van der Waals surface area contributed by atoms with Crippen molar-refractivity contribution in [2.45, 2.75) is 13.3 Å². The van der Waals surface area contributed by atoms with Gasteiger partial charge in [0.25, 0.3) is 0 Å². The fraction of sp³-hybridized carbons (Fsp3) is 0.375. The topological polar surface area (TPSA) is 31.4 Å². The highest BCUT2D eigenvalue weighted by Crippen LogP contribution is 2.24. The lowest BCUT2D eigenvalue weighted by Gasteiger charge is -2.12. The molecular weight excluding hydrogens is 210 g/mol. The molecule has 0 atom stereocenters. The number of halogens is 3. The van der Waals surface area contributed by atoms with E-state index in [1.54, 1.807) is 7.85 Å². The van der Waals surface area contributed by atoms with Gasteiger partial charge in [-0.15, -0.1) is 13.2 Å². The Morgan fingerprint density at radius 1 is 1.33 bits per heavy atom. The van der Waals surface area contributed by atoms with Gasteiger partial charge in [0, 0.05) is 5.56 Å². The lowest BCUT2D eigenvalue weighted by Crippen LogP contribution is -2.20. The number of rotatable bonds is 2. The summed E-state index contributed by atoms with van der Waals surface area (Å²) in [5.41, 5.74) is 0.968. The van der Waals surface area contributed by atoms with Crippen LogP contribution in [0.4, 0.5) is 13.2 Å². The number of aromatic nitrogens is 1. The summed E-state index contributed by atoms with van der Waals surface area (Å²) in [5.74, 6) is -0.357. The molecule has 0 spiro atoms. The van der Waals surface area contributed by atoms with Crippen LogP contribution in [0.1, 0.15) is 5.56 Å². The van der Waals surface area contributed by atoms with Crippen molar-refractivity contribution in [3.05, 3.63) is 11.6 Å². The summed E-state index contributed by atoms with van der Waals surface area (Å²) < 4.78 is 44.4. The van der Waals surface area contributed by atoms with E-state index in [-0.39, 0.29) is 5.88 Å². The van der Waals surface area contributed by atoms with Crippen LogP contribution in [0.3, 0.4) is 0 Å². The smallest absolute Gasteiger partial charge is 0.481 e. The molecule has 0 N–H and O–H groups in total. The van der Waals surface area contributed by atoms with Gasteiger partial charge in [0.05, 0.1) is 7.11 Å². The van der Waals surface area contributed by atoms with Crippen molar-refractivity contribution in [3.8, 4) is 11.8 Å². The predicted molar refractivity (Wildman–Crippen MR) is 50.4 cm³/mol. The van der Waals surface area contributed by atoms with Gasteiger partial charge in [0.1, 0.15) is 7.85 Å². The zero-order valence-corrected chi connectivity index (χ0v) is 8.47. The summed E-state index contributed by atoms with van der Waals surface area (Å²) in [6.07, 6.45) is -4.74. The Bertz CT molecular complexity index is 368. The summed E-state index contributed by atoms with van der Waals surface area (Å²) in [4.78, 5) is 3.61. The largest absolute Gasteiger partial charge is 0.574 e. The summed E-state index contributed by atoms with van der Waals surface area (Å²) in [6, 6.07) is 1.52. The van der Waals surface area contributed by atoms with E-state index in [0.29, 0.717) is 11.0 Å². The molecule has 0 amide bonds. The van der Waals surface area contributed by atoms with Gasteiger partial charge in [-0.3, -0.25) is 0 Å². The van der Waals surface area contributed by atoms with Crippen LogP contribution in [0, 0.1) is 6.92 Å². The van der Waals surface area contributed by atoms with Crippen molar-refractivity contribution in [2.24, 2.45) is 0 Å². The standard InChI is InChI=1S/C8H9BF3NO2/c1-4-3-5(9)7(14-2)13-6(4)15-8(10,11)12/h3H,9H2,1-2H3. The van der Waals surface area contributed by atoms with Gasteiger partial charge < -0.3 is 9.47 Å². The minimum Gasteiger partial charge on any atom is -0.481 e. The molecule has 0 aliphatic carbocycles. The Labute approximate surface area is 85.6 Å². The monoisotopic (exact) mass is 219 g/mol. The highest BCUT2D eigenvalue weighted by atomic mass is 19.4. The van der Waals surface area contributed by atoms with Crippen molar-refractivity contribution in [3.63, 3.8) is 0 Å². The van der Waals surface area contributed by atoms with Crippen LogP contribution in [0.25, 0.3) is 0 Å². The Morgan fingerprint density at radius 2 is 1.93 bits per heavy atom. The van der Waals surface area contributed by atoms with E-state index >= 15 is 0 Å². The number of pyridine rings is 1. The first kappa shape index (κ1) is 11.7. The maximum Gasteiger partial charge on any atom is 0.574 e. The average Bonchev–Trinajstić information content (AvgIpc) is 2.07. The normalized spacial score (nSPS) is 11.3. The Kier molecular flexibility index (Phi) is 3.11. The van der Waals surface area contributed by atoms with E-state index < -0.39 is 12.2 Å². The Morgan fingerprint density at radius 3 is 2.40 bits per heavy atom. The number of aryl methyl sites for hydroxylation is 1. The van der Waals surface area contributed by atoms with Crippen molar-refractivity contribution in [1.29, 1.82) is 0 Å². The van der Waals surface area contributed by atoms with Crippen LogP contribution in [0.15, 0.2) is 6.07 Å². The third-order valence-corrected chi connectivity index (χ3v) is 1.72. The van der Waals surface area contributed by atoms with E-state index in [4.69, 9.17) is 4.74 Å². The second kappa shape index (κ2) is 4.00. The molecule has 0 saturated carbocycles. The zero-order chi connectivity index (χ0) is 11.6. The average molecular weight is 219 g/mol. The van der Waals surface area contributed by atoms with Gasteiger partial charge in [-0.25, -0.2) is 0 Å². The van der Waals surface area contributed by atoms with Gasteiger partial charge in [-0.1, -0.05) is 6.07 Å². The molecule has 82 valence electrons. The van der Waals surface area contributed by atoms with Gasteiger partial charge in [0.2, 0.25) is 11.8 Å². The van der Waals surface area contributed by atoms with E-state index in [1.807, 2.05) is 0 Å². The van der Waals surface area contributed by atoms with Gasteiger partial charge >= 0.3 is 6.36 Å². The van der Waals surface area contributed by atoms with E-state index in [1.165, 1.54) is 20.1 Å². The molecule has 0 aromatic carbocycles. The maximum atomic E-state index is 12.0. The van der Waals surface area contributed by atoms with Gasteiger partial charge in [-0.2, -0.15) is 4.98 Å². The molecule has 0 bridgehead atoms. The predicted octanol–water partition coefficient (Wildman–Crippen LogP) is 0.556. The maximum absolute atomic E-state index is 12.0. The van der Waals surface area contributed by atoms with E-state index in [0.717, 1.165) is 0 Å². The molecule has 3 nitrogen and oxygen atoms in total. The second-order valence-electron chi connectivity index (χ2n) is 2.98. The molecular formula is C8H9BF3NO2. The van der Waals surface area contributed by atoms with E-state index in [9.17, 15) is 13.2 Å². The number of hydrogen-bond acceptors (Lipinski definition) is 3. The molecule has 0 aliphatic rings. The van der Waals surface area contributed by atoms with E-state index in [2.05, 4.69) is 9.72 Å². The second-order valence-corrected chi connectivity index (χ2v) is 2.98. The number of nitrogens with zero attached hydrogens (tertiary/aromatic N) is 1. The molecule has 0 aliphatic heterocycles. The van der Waals surface area contributed by atoms with Crippen molar-refractivity contribution in [1.82, 2.24) is 4.98 Å². The molecule has 1 aromatic rings. The van der Waals surface area contributed by atoms with Crippen LogP contribution in [0.5, 0.6) is 11.8 Å². The number of hydrogen-bond donors (Lipinski definition) is 0. The van der Waals surface area contributed by atoms with Crippen LogP contribution in [-0.4, -0.2) is 26.3 Å². The molecule has 1 rings (SSSR count). The lowest BCUT2D eigenvalue weighted by molar-refractivity contribution is -0.276. The van der Waals surface area contributed by atoms with Crippen LogP contribution in [-0.2, 0) is 0 Å². The quantitative estimate of drug-likeness (QED) is 0.680. The summed E-state index contributed by atoms with van der Waals surface area (Å²) in [7, 11) is 3.03. The molecule has 1 heterocycles. The third kappa shape index (κ3) is 3.04. The van der Waals surface area contributed by atoms with Crippen molar-refractivity contribution < 1.29 is 22.6 Å². The molecule has 0 unspecified atom stereocenters. The Balaban J connectivity index is 3.08. The molecule has 0 radical (unpaired) electrons. The molecule has 1 aromatic heterocycles. The summed E-state index contributed by atoms with van der Waals surface area (Å²) in [6.45, 7) is 1.49. The number of ether oxygens (including phenoxy) is 2. The third-order valence-electron chi connectivity index (χ3n) is 1.72. The fourth-order valence-corrected chi connectivity index (χ4v) is 1.14. The highest BCUT2D eigenvalue weighted by molar-refractivity contribution is 6.34. The Hall–Kier alpha value is -1.40. The fourth-order valence-electron chi connectivity index (χ4n) is 1.14. The van der Waals surface area contributed by atoms with Gasteiger partial charge in [0.15, 0.2) is 0 Å². The van der Waals surface area contributed by atoms with Crippen molar-refractivity contribution in [2.75, 3.05) is 7.11 Å². The first-order valence-electron chi connectivity index (χ1n) is 4.11. The zero-order valence-electron chi connectivity index (χ0n) is 8.47. The molecule has 0 saturated heterocycles. The number of alkyl halides is 3. The SMILES string of the molecule is Bc1cc(C)c(OC(F)(F)F)nc1OC. The van der Waals surface area contributed by atoms with Crippen LogP contribution >= 0.6 is 0 Å². The van der Waals surface area contributed by atoms with Crippen LogP contribution in [0.2, 0.25) is 0 Å². The molecule has 7 heteroatoms. The molecule has 0 fully saturated rings.